The molecule has 0 radical (unpaired) electrons. The van der Waals surface area contributed by atoms with Crippen molar-refractivity contribution in [2.75, 3.05) is 6.26 Å². The first-order chi connectivity index (χ1) is 8.97. The maximum atomic E-state index is 13.4. The Morgan fingerprint density at radius 2 is 1.79 bits per heavy atom. The van der Waals surface area contributed by atoms with Crippen molar-refractivity contribution >= 4 is 9.84 Å². The Bertz CT molecular complexity index is 666. The van der Waals surface area contributed by atoms with Crippen molar-refractivity contribution in [3.63, 3.8) is 0 Å². The van der Waals surface area contributed by atoms with Gasteiger partial charge in [-0.1, -0.05) is 30.3 Å². The quantitative estimate of drug-likeness (QED) is 0.865. The Morgan fingerprint density at radius 3 is 2.42 bits per heavy atom. The van der Waals surface area contributed by atoms with Gasteiger partial charge in [0.2, 0.25) is 0 Å². The zero-order valence-corrected chi connectivity index (χ0v) is 11.2. The molecule has 0 aliphatic heterocycles. The first-order valence-electron chi connectivity index (χ1n) is 5.63. The summed E-state index contributed by atoms with van der Waals surface area (Å²) in [7, 11) is -3.59. The summed E-state index contributed by atoms with van der Waals surface area (Å²) in [5.41, 5.74) is 0.952. The number of benzene rings is 2. The van der Waals surface area contributed by atoms with Gasteiger partial charge in [-0.3, -0.25) is 0 Å². The third-order valence-corrected chi connectivity index (χ3v) is 3.66. The molecule has 0 spiro atoms. The maximum absolute atomic E-state index is 13.4. The molecule has 0 amide bonds. The van der Waals surface area contributed by atoms with E-state index in [1.807, 2.05) is 30.3 Å². The highest BCUT2D eigenvalue weighted by molar-refractivity contribution is 7.90. The lowest BCUT2D eigenvalue weighted by Gasteiger charge is -2.08. The summed E-state index contributed by atoms with van der Waals surface area (Å²) in [6.07, 6.45) is 0.965. The van der Waals surface area contributed by atoms with E-state index in [1.54, 1.807) is 0 Å². The normalized spacial score (nSPS) is 11.3. The van der Waals surface area contributed by atoms with Crippen LogP contribution >= 0.6 is 0 Å². The minimum Gasteiger partial charge on any atom is -0.489 e. The molecule has 0 heterocycles. The van der Waals surface area contributed by atoms with Crippen molar-refractivity contribution in [3.8, 4) is 5.75 Å². The highest BCUT2D eigenvalue weighted by Crippen LogP contribution is 2.21. The Hall–Kier alpha value is -1.88. The van der Waals surface area contributed by atoms with Gasteiger partial charge < -0.3 is 4.74 Å². The summed E-state index contributed by atoms with van der Waals surface area (Å²) in [6, 6.07) is 13.1. The number of hydrogen-bond acceptors (Lipinski definition) is 3. The predicted octanol–water partition coefficient (Wildman–Crippen LogP) is 2.81. The first kappa shape index (κ1) is 13.5. The third kappa shape index (κ3) is 3.54. The smallest absolute Gasteiger partial charge is 0.178 e. The van der Waals surface area contributed by atoms with Crippen LogP contribution in [0.15, 0.2) is 53.4 Å². The van der Waals surface area contributed by atoms with E-state index in [-0.39, 0.29) is 4.90 Å². The molecule has 0 unspecified atom stereocenters. The molecule has 100 valence electrons. The van der Waals surface area contributed by atoms with E-state index in [2.05, 4.69) is 0 Å². The molecule has 0 atom stereocenters. The van der Waals surface area contributed by atoms with Gasteiger partial charge in [0.1, 0.15) is 23.1 Å². The lowest BCUT2D eigenvalue weighted by Crippen LogP contribution is -2.02. The molecule has 0 fully saturated rings. The topological polar surface area (TPSA) is 43.4 Å². The number of halogens is 1. The zero-order valence-electron chi connectivity index (χ0n) is 10.3. The van der Waals surface area contributed by atoms with Crippen LogP contribution in [0.1, 0.15) is 5.56 Å². The molecule has 0 aliphatic rings. The Morgan fingerprint density at radius 1 is 1.11 bits per heavy atom. The molecule has 2 rings (SSSR count). The second-order valence-corrected chi connectivity index (χ2v) is 6.12. The van der Waals surface area contributed by atoms with Gasteiger partial charge in [0.15, 0.2) is 9.84 Å². The lowest BCUT2D eigenvalue weighted by molar-refractivity contribution is 0.304. The van der Waals surface area contributed by atoms with Crippen molar-refractivity contribution in [1.82, 2.24) is 0 Å². The molecule has 0 saturated heterocycles. The van der Waals surface area contributed by atoms with Gasteiger partial charge in [-0.2, -0.15) is 0 Å². The minimum absolute atomic E-state index is 0.301. The van der Waals surface area contributed by atoms with Crippen molar-refractivity contribution in [3.05, 3.63) is 59.9 Å². The van der Waals surface area contributed by atoms with Crippen LogP contribution in [-0.4, -0.2) is 14.7 Å². The van der Waals surface area contributed by atoms with Gasteiger partial charge >= 0.3 is 0 Å². The van der Waals surface area contributed by atoms with Crippen LogP contribution < -0.4 is 4.74 Å². The summed E-state index contributed by atoms with van der Waals surface area (Å²) in [5.74, 6) is -0.444. The Labute approximate surface area is 111 Å². The molecule has 0 saturated carbocycles. The highest BCUT2D eigenvalue weighted by atomic mass is 32.2. The third-order valence-electron chi connectivity index (χ3n) is 2.55. The van der Waals surface area contributed by atoms with Gasteiger partial charge in [-0.25, -0.2) is 12.8 Å². The summed E-state index contributed by atoms with van der Waals surface area (Å²) in [5, 5.41) is 0. The van der Waals surface area contributed by atoms with Crippen LogP contribution in [-0.2, 0) is 16.4 Å². The van der Waals surface area contributed by atoms with E-state index in [0.717, 1.165) is 17.9 Å². The zero-order chi connectivity index (χ0) is 13.9. The van der Waals surface area contributed by atoms with Crippen LogP contribution in [0.4, 0.5) is 4.39 Å². The standard InChI is InChI=1S/C14H13FO3S/c1-19(16,17)14-9-12(7-8-13(14)15)18-10-11-5-3-2-4-6-11/h2-9H,10H2,1H3. The second kappa shape index (κ2) is 5.40. The Kier molecular flexibility index (Phi) is 3.85. The fraction of sp³-hybridized carbons (Fsp3) is 0.143. The largest absolute Gasteiger partial charge is 0.489 e. The molecule has 5 heteroatoms. The van der Waals surface area contributed by atoms with Crippen LogP contribution in [0.5, 0.6) is 5.75 Å². The van der Waals surface area contributed by atoms with Gasteiger partial charge in [0.05, 0.1) is 0 Å². The molecule has 19 heavy (non-hydrogen) atoms. The summed E-state index contributed by atoms with van der Waals surface area (Å²) >= 11 is 0. The Balaban J connectivity index is 2.18. The van der Waals surface area contributed by atoms with Gasteiger partial charge in [0.25, 0.3) is 0 Å². The van der Waals surface area contributed by atoms with E-state index in [1.165, 1.54) is 12.1 Å². The van der Waals surface area contributed by atoms with Crippen molar-refractivity contribution in [2.24, 2.45) is 0 Å². The van der Waals surface area contributed by atoms with E-state index in [4.69, 9.17) is 4.74 Å². The van der Waals surface area contributed by atoms with Crippen LogP contribution in [0, 0.1) is 5.82 Å². The molecule has 0 aromatic heterocycles. The summed E-state index contributed by atoms with van der Waals surface area (Å²) in [4.78, 5) is -0.349. The highest BCUT2D eigenvalue weighted by Gasteiger charge is 2.14. The molecule has 0 bridgehead atoms. The van der Waals surface area contributed by atoms with E-state index in [0.29, 0.717) is 12.4 Å². The van der Waals surface area contributed by atoms with Crippen molar-refractivity contribution in [1.29, 1.82) is 0 Å². The number of rotatable bonds is 4. The van der Waals surface area contributed by atoms with Crippen LogP contribution in [0.25, 0.3) is 0 Å². The molecule has 2 aromatic carbocycles. The molecule has 2 aromatic rings. The number of hydrogen-bond donors (Lipinski definition) is 0. The molecular weight excluding hydrogens is 267 g/mol. The van der Waals surface area contributed by atoms with Crippen molar-refractivity contribution < 1.29 is 17.5 Å². The van der Waals surface area contributed by atoms with Crippen molar-refractivity contribution in [2.45, 2.75) is 11.5 Å². The van der Waals surface area contributed by atoms with E-state index in [9.17, 15) is 12.8 Å². The fourth-order valence-electron chi connectivity index (χ4n) is 1.60. The number of ether oxygens (including phenoxy) is 1. The van der Waals surface area contributed by atoms with Crippen LogP contribution in [0.3, 0.4) is 0 Å². The molecule has 0 N–H and O–H groups in total. The molecule has 3 nitrogen and oxygen atoms in total. The molecular formula is C14H13FO3S. The van der Waals surface area contributed by atoms with Crippen LogP contribution in [0.2, 0.25) is 0 Å². The summed E-state index contributed by atoms with van der Waals surface area (Å²) < 4.78 is 41.6. The molecule has 0 aliphatic carbocycles. The lowest BCUT2D eigenvalue weighted by atomic mass is 10.2. The van der Waals surface area contributed by atoms with E-state index < -0.39 is 15.7 Å². The first-order valence-corrected chi connectivity index (χ1v) is 7.52. The van der Waals surface area contributed by atoms with Gasteiger partial charge in [-0.05, 0) is 17.7 Å². The van der Waals surface area contributed by atoms with Gasteiger partial charge in [-0.15, -0.1) is 0 Å². The average Bonchev–Trinajstić information content (AvgIpc) is 2.37. The average molecular weight is 280 g/mol. The summed E-state index contributed by atoms with van der Waals surface area (Å²) in [6.45, 7) is 0.301. The van der Waals surface area contributed by atoms with Gasteiger partial charge in [0, 0.05) is 12.3 Å². The maximum Gasteiger partial charge on any atom is 0.178 e. The SMILES string of the molecule is CS(=O)(=O)c1cc(OCc2ccccc2)ccc1F. The number of sulfone groups is 1. The fourth-order valence-corrected chi connectivity index (χ4v) is 2.35. The monoisotopic (exact) mass is 280 g/mol. The second-order valence-electron chi connectivity index (χ2n) is 4.14. The predicted molar refractivity (Wildman–Crippen MR) is 70.3 cm³/mol. The van der Waals surface area contributed by atoms with E-state index >= 15 is 0 Å². The minimum atomic E-state index is -3.59.